The number of urea groups is 1. The van der Waals surface area contributed by atoms with Crippen LogP contribution in [0.1, 0.15) is 41.2 Å². The molecule has 1 unspecified atom stereocenters. The van der Waals surface area contributed by atoms with Crippen molar-refractivity contribution in [2.45, 2.75) is 25.3 Å². The number of carbonyl (C=O) groups is 2. The number of hydrogen-bond donors (Lipinski definition) is 3. The minimum Gasteiger partial charge on any atom is -0.508 e. The highest BCUT2D eigenvalue weighted by molar-refractivity contribution is 6.10. The molecule has 1 fully saturated rings. The van der Waals surface area contributed by atoms with Crippen LogP contribution < -0.4 is 15.5 Å². The van der Waals surface area contributed by atoms with Crippen LogP contribution >= 0.6 is 0 Å². The fourth-order valence-corrected chi connectivity index (χ4v) is 3.78. The van der Waals surface area contributed by atoms with E-state index in [4.69, 9.17) is 0 Å². The molecule has 6 heteroatoms. The van der Waals surface area contributed by atoms with Crippen molar-refractivity contribution in [1.82, 2.24) is 10.6 Å². The zero-order valence-electron chi connectivity index (χ0n) is 15.5. The molecule has 1 saturated heterocycles. The molecule has 2 heterocycles. The number of amides is 2. The molecule has 6 nitrogen and oxygen atoms in total. The molecule has 2 amide bonds. The van der Waals surface area contributed by atoms with E-state index >= 15 is 0 Å². The van der Waals surface area contributed by atoms with Gasteiger partial charge in [-0.2, -0.15) is 0 Å². The van der Waals surface area contributed by atoms with Crippen LogP contribution in [0.2, 0.25) is 0 Å². The van der Waals surface area contributed by atoms with E-state index in [0.29, 0.717) is 16.7 Å². The van der Waals surface area contributed by atoms with E-state index in [-0.39, 0.29) is 17.6 Å². The molecule has 2 aliphatic rings. The van der Waals surface area contributed by atoms with E-state index in [2.05, 4.69) is 15.5 Å². The van der Waals surface area contributed by atoms with Gasteiger partial charge in [-0.3, -0.25) is 4.79 Å². The van der Waals surface area contributed by atoms with E-state index < -0.39 is 6.04 Å². The number of rotatable bonds is 4. The summed E-state index contributed by atoms with van der Waals surface area (Å²) in [5, 5.41) is 15.1. The number of phenols is 1. The predicted molar refractivity (Wildman–Crippen MR) is 107 cm³/mol. The minimum absolute atomic E-state index is 0.0861. The molecule has 0 saturated carbocycles. The highest BCUT2D eigenvalue weighted by Gasteiger charge is 2.29. The maximum atomic E-state index is 13.1. The first kappa shape index (κ1) is 18.1. The normalized spacial score (nSPS) is 19.4. The lowest BCUT2D eigenvalue weighted by molar-refractivity contribution is 0.102. The number of ketones is 1. The molecule has 4 rings (SSSR count). The molecule has 1 atom stereocenters. The first-order valence-electron chi connectivity index (χ1n) is 9.57. The van der Waals surface area contributed by atoms with Crippen LogP contribution in [0, 0.1) is 0 Å². The number of Topliss-reactive ketones (excluding diaryl/α,β-unsaturated/α-hetero) is 1. The van der Waals surface area contributed by atoms with E-state index in [1.807, 2.05) is 24.3 Å². The average Bonchev–Trinajstić information content (AvgIpc) is 2.74. The smallest absolute Gasteiger partial charge is 0.319 e. The van der Waals surface area contributed by atoms with Crippen molar-refractivity contribution in [3.8, 4) is 5.75 Å². The summed E-state index contributed by atoms with van der Waals surface area (Å²) in [7, 11) is 0. The number of aromatic hydroxyl groups is 1. The fraction of sp³-hybridized carbons (Fsp3) is 0.273. The van der Waals surface area contributed by atoms with E-state index in [1.54, 1.807) is 24.3 Å². The lowest BCUT2D eigenvalue weighted by Crippen LogP contribution is -2.42. The molecular formula is C22H23N3O3. The number of carbonyl (C=O) groups excluding carboxylic acids is 2. The number of phenolic OH excluding ortho intramolecular Hbond substituents is 1. The zero-order chi connectivity index (χ0) is 19.5. The van der Waals surface area contributed by atoms with Crippen LogP contribution in [0.5, 0.6) is 5.75 Å². The molecule has 0 bridgehead atoms. The largest absolute Gasteiger partial charge is 0.508 e. The standard InChI is InChI=1S/C22H23N3O3/c26-18-6-4-5-16(13-18)20-19(14-23-22(28)24-20)21(27)15-7-9-17(10-8-15)25-11-2-1-3-12-25/h4-10,13-14,20,26H,1-3,11-12H2,(H2,23,24,28). The summed E-state index contributed by atoms with van der Waals surface area (Å²) in [4.78, 5) is 27.3. The predicted octanol–water partition coefficient (Wildman–Crippen LogP) is 3.50. The summed E-state index contributed by atoms with van der Waals surface area (Å²) in [6.07, 6.45) is 5.12. The SMILES string of the molecule is O=C1NC=C(C(=O)c2ccc(N3CCCCC3)cc2)C(c2cccc(O)c2)N1. The van der Waals surface area contributed by atoms with Crippen molar-refractivity contribution in [1.29, 1.82) is 0 Å². The summed E-state index contributed by atoms with van der Waals surface area (Å²) in [6, 6.07) is 13.2. The van der Waals surface area contributed by atoms with Gasteiger partial charge in [0.2, 0.25) is 0 Å². The Morgan fingerprint density at radius 1 is 1.04 bits per heavy atom. The Bertz CT molecular complexity index is 915. The summed E-state index contributed by atoms with van der Waals surface area (Å²) in [6.45, 7) is 2.10. The van der Waals surface area contributed by atoms with E-state index in [1.165, 1.54) is 25.5 Å². The van der Waals surface area contributed by atoms with Gasteiger partial charge in [-0.1, -0.05) is 12.1 Å². The van der Waals surface area contributed by atoms with Gasteiger partial charge in [0.25, 0.3) is 0 Å². The quantitative estimate of drug-likeness (QED) is 0.713. The molecule has 0 radical (unpaired) electrons. The second kappa shape index (κ2) is 7.76. The van der Waals surface area contributed by atoms with Gasteiger partial charge in [-0.15, -0.1) is 0 Å². The molecule has 2 aromatic carbocycles. The van der Waals surface area contributed by atoms with E-state index in [9.17, 15) is 14.7 Å². The first-order chi connectivity index (χ1) is 13.6. The number of nitrogens with one attached hydrogen (secondary N) is 2. The second-order valence-corrected chi connectivity index (χ2v) is 7.17. The van der Waals surface area contributed by atoms with Crippen LogP contribution in [0.4, 0.5) is 10.5 Å². The van der Waals surface area contributed by atoms with Crippen molar-refractivity contribution in [3.05, 3.63) is 71.4 Å². The first-order valence-corrected chi connectivity index (χ1v) is 9.57. The Balaban J connectivity index is 1.59. The zero-order valence-corrected chi connectivity index (χ0v) is 15.5. The monoisotopic (exact) mass is 377 g/mol. The molecule has 144 valence electrons. The highest BCUT2D eigenvalue weighted by Crippen LogP contribution is 2.29. The number of benzene rings is 2. The van der Waals surface area contributed by atoms with Gasteiger partial charge in [-0.25, -0.2) is 4.79 Å². The lowest BCUT2D eigenvalue weighted by Gasteiger charge is -2.29. The Hall–Kier alpha value is -3.28. The molecule has 28 heavy (non-hydrogen) atoms. The van der Waals surface area contributed by atoms with Crippen molar-refractivity contribution in [2.75, 3.05) is 18.0 Å². The van der Waals surface area contributed by atoms with Gasteiger partial charge < -0.3 is 20.6 Å². The Labute approximate surface area is 163 Å². The lowest BCUT2D eigenvalue weighted by atomic mass is 9.91. The van der Waals surface area contributed by atoms with Gasteiger partial charge in [0.15, 0.2) is 5.78 Å². The van der Waals surface area contributed by atoms with Crippen LogP contribution in [-0.2, 0) is 0 Å². The van der Waals surface area contributed by atoms with Crippen molar-refractivity contribution < 1.29 is 14.7 Å². The molecule has 0 aliphatic carbocycles. The van der Waals surface area contributed by atoms with Crippen molar-refractivity contribution in [3.63, 3.8) is 0 Å². The molecule has 0 spiro atoms. The van der Waals surface area contributed by atoms with E-state index in [0.717, 1.165) is 18.8 Å². The summed E-state index contributed by atoms with van der Waals surface area (Å²) >= 11 is 0. The molecule has 2 aromatic rings. The summed E-state index contributed by atoms with van der Waals surface area (Å²) in [5.41, 5.74) is 2.77. The van der Waals surface area contributed by atoms with Crippen LogP contribution in [0.15, 0.2) is 60.3 Å². The third-order valence-corrected chi connectivity index (χ3v) is 5.26. The Morgan fingerprint density at radius 3 is 2.50 bits per heavy atom. The highest BCUT2D eigenvalue weighted by atomic mass is 16.3. The third-order valence-electron chi connectivity index (χ3n) is 5.26. The summed E-state index contributed by atoms with van der Waals surface area (Å²) < 4.78 is 0. The number of anilines is 1. The van der Waals surface area contributed by atoms with Gasteiger partial charge >= 0.3 is 6.03 Å². The second-order valence-electron chi connectivity index (χ2n) is 7.17. The molecule has 3 N–H and O–H groups in total. The fourth-order valence-electron chi connectivity index (χ4n) is 3.78. The van der Waals surface area contributed by atoms with Gasteiger partial charge in [-0.05, 0) is 61.2 Å². The maximum Gasteiger partial charge on any atom is 0.319 e. The number of piperidine rings is 1. The number of hydrogen-bond acceptors (Lipinski definition) is 4. The van der Waals surface area contributed by atoms with Gasteiger partial charge in [0.1, 0.15) is 5.75 Å². The molecular weight excluding hydrogens is 354 g/mol. The van der Waals surface area contributed by atoms with Crippen LogP contribution in [-0.4, -0.2) is 30.0 Å². The van der Waals surface area contributed by atoms with Crippen LogP contribution in [0.3, 0.4) is 0 Å². The minimum atomic E-state index is -0.616. The van der Waals surface area contributed by atoms with Crippen LogP contribution in [0.25, 0.3) is 0 Å². The average molecular weight is 377 g/mol. The topological polar surface area (TPSA) is 81.7 Å². The third kappa shape index (κ3) is 3.71. The Morgan fingerprint density at radius 2 is 1.79 bits per heavy atom. The summed E-state index contributed by atoms with van der Waals surface area (Å²) in [5.74, 6) is -0.0750. The van der Waals surface area contributed by atoms with Crippen molar-refractivity contribution in [2.24, 2.45) is 0 Å². The van der Waals surface area contributed by atoms with Gasteiger partial charge in [0.05, 0.1) is 6.04 Å². The van der Waals surface area contributed by atoms with Crippen molar-refractivity contribution >= 4 is 17.5 Å². The number of nitrogens with zero attached hydrogens (tertiary/aromatic N) is 1. The molecule has 0 aromatic heterocycles. The molecule has 2 aliphatic heterocycles. The maximum absolute atomic E-state index is 13.1. The van der Waals surface area contributed by atoms with Gasteiger partial charge in [0, 0.05) is 36.1 Å². The Kier molecular flexibility index (Phi) is 5.02.